The summed E-state index contributed by atoms with van der Waals surface area (Å²) in [7, 11) is 2.05. The molecule has 2 amide bonds. The highest BCUT2D eigenvalue weighted by atomic mass is 19.1. The van der Waals surface area contributed by atoms with Crippen molar-refractivity contribution in [3.05, 3.63) is 59.7 Å². The molecule has 0 saturated carbocycles. The molecule has 176 valence electrons. The molecule has 7 nitrogen and oxygen atoms in total. The normalized spacial score (nSPS) is 21.7. The lowest BCUT2D eigenvalue weighted by Crippen LogP contribution is -2.51. The van der Waals surface area contributed by atoms with Crippen LogP contribution in [0.5, 0.6) is 5.75 Å². The maximum Gasteiger partial charge on any atom is 0.272 e. The number of hydrogen-bond acceptors (Lipinski definition) is 5. The van der Waals surface area contributed by atoms with Crippen molar-refractivity contribution in [2.45, 2.75) is 25.9 Å². The molecular weight excluding hydrogens is 423 g/mol. The molecule has 0 bridgehead atoms. The first-order valence-electron chi connectivity index (χ1n) is 11.5. The highest BCUT2D eigenvalue weighted by molar-refractivity contribution is 5.93. The second-order valence-corrected chi connectivity index (χ2v) is 8.97. The number of likely N-dealkylation sites (N-methyl/N-ethyl adjacent to an activating group) is 1. The van der Waals surface area contributed by atoms with Crippen molar-refractivity contribution < 1.29 is 18.7 Å². The van der Waals surface area contributed by atoms with Crippen molar-refractivity contribution in [2.75, 3.05) is 46.3 Å². The minimum Gasteiger partial charge on any atom is -0.490 e. The maximum atomic E-state index is 13.3. The molecule has 1 aromatic carbocycles. The molecule has 0 radical (unpaired) electrons. The summed E-state index contributed by atoms with van der Waals surface area (Å²) in [5.41, 5.74) is 1.27. The van der Waals surface area contributed by atoms with Gasteiger partial charge in [-0.15, -0.1) is 0 Å². The van der Waals surface area contributed by atoms with Crippen LogP contribution in [0.2, 0.25) is 0 Å². The molecule has 8 heteroatoms. The molecule has 0 spiro atoms. The number of nitrogens with zero attached hydrogens (tertiary/aromatic N) is 4. The fourth-order valence-corrected chi connectivity index (χ4v) is 4.50. The third kappa shape index (κ3) is 5.68. The first-order valence-corrected chi connectivity index (χ1v) is 11.5. The predicted octanol–water partition coefficient (Wildman–Crippen LogP) is 2.60. The lowest BCUT2D eigenvalue weighted by molar-refractivity contribution is -0.135. The summed E-state index contributed by atoms with van der Waals surface area (Å²) in [6.07, 6.45) is 2.29. The largest absolute Gasteiger partial charge is 0.490 e. The first-order chi connectivity index (χ1) is 15.9. The van der Waals surface area contributed by atoms with E-state index in [-0.39, 0.29) is 29.7 Å². The second-order valence-electron chi connectivity index (χ2n) is 8.97. The van der Waals surface area contributed by atoms with Crippen molar-refractivity contribution in [3.63, 3.8) is 0 Å². The van der Waals surface area contributed by atoms with Gasteiger partial charge in [0.2, 0.25) is 5.91 Å². The van der Waals surface area contributed by atoms with Crippen LogP contribution in [-0.4, -0.2) is 83.9 Å². The van der Waals surface area contributed by atoms with Gasteiger partial charge in [-0.2, -0.15) is 0 Å². The third-order valence-electron chi connectivity index (χ3n) is 6.56. The zero-order valence-electron chi connectivity index (χ0n) is 19.2. The SMILES string of the molecule is Cc1cccnc1C(=O)N1CC[C@H](Oc2ccc(F)cc2)[C@@H](CC(=O)N2CCN(C)CC2)C1. The number of amides is 2. The highest BCUT2D eigenvalue weighted by Gasteiger charge is 2.36. The van der Waals surface area contributed by atoms with E-state index in [1.54, 1.807) is 23.2 Å². The van der Waals surface area contributed by atoms with Crippen molar-refractivity contribution >= 4 is 11.8 Å². The molecule has 3 heterocycles. The van der Waals surface area contributed by atoms with E-state index >= 15 is 0 Å². The van der Waals surface area contributed by atoms with E-state index in [0.717, 1.165) is 18.7 Å². The number of likely N-dealkylation sites (tertiary alicyclic amines) is 1. The fraction of sp³-hybridized carbons (Fsp3) is 0.480. The van der Waals surface area contributed by atoms with Gasteiger partial charge in [0.1, 0.15) is 23.4 Å². The Balaban J connectivity index is 1.49. The number of hydrogen-bond donors (Lipinski definition) is 0. The van der Waals surface area contributed by atoms with Crippen LogP contribution < -0.4 is 4.74 Å². The first kappa shape index (κ1) is 23.2. The van der Waals surface area contributed by atoms with Crippen LogP contribution in [-0.2, 0) is 4.79 Å². The van der Waals surface area contributed by atoms with Crippen molar-refractivity contribution in [1.29, 1.82) is 0 Å². The molecule has 33 heavy (non-hydrogen) atoms. The molecule has 4 rings (SSSR count). The number of halogens is 1. The van der Waals surface area contributed by atoms with Gasteiger partial charge >= 0.3 is 0 Å². The van der Waals surface area contributed by atoms with Gasteiger partial charge in [-0.1, -0.05) is 6.07 Å². The highest BCUT2D eigenvalue weighted by Crippen LogP contribution is 2.28. The van der Waals surface area contributed by atoms with E-state index in [9.17, 15) is 14.0 Å². The lowest BCUT2D eigenvalue weighted by atomic mass is 9.90. The Morgan fingerprint density at radius 3 is 2.48 bits per heavy atom. The molecule has 2 aromatic rings. The Morgan fingerprint density at radius 2 is 1.79 bits per heavy atom. The third-order valence-corrected chi connectivity index (χ3v) is 6.56. The summed E-state index contributed by atoms with van der Waals surface area (Å²) in [6.45, 7) is 5.94. The van der Waals surface area contributed by atoms with Crippen LogP contribution in [0.3, 0.4) is 0 Å². The molecule has 1 aromatic heterocycles. The van der Waals surface area contributed by atoms with Gasteiger partial charge in [0, 0.05) is 64.2 Å². The van der Waals surface area contributed by atoms with E-state index in [1.165, 1.54) is 12.1 Å². The lowest BCUT2D eigenvalue weighted by Gasteiger charge is -2.40. The molecule has 2 atom stereocenters. The van der Waals surface area contributed by atoms with Crippen LogP contribution in [0.4, 0.5) is 4.39 Å². The van der Waals surface area contributed by atoms with Crippen molar-refractivity contribution in [1.82, 2.24) is 19.7 Å². The van der Waals surface area contributed by atoms with Crippen LogP contribution in [0, 0.1) is 18.7 Å². The summed E-state index contributed by atoms with van der Waals surface area (Å²) < 4.78 is 19.5. The number of pyridine rings is 1. The minimum atomic E-state index is -0.324. The number of ether oxygens (including phenoxy) is 1. The van der Waals surface area contributed by atoms with E-state index < -0.39 is 0 Å². The Labute approximate surface area is 194 Å². The van der Waals surface area contributed by atoms with Crippen LogP contribution in [0.1, 0.15) is 28.9 Å². The van der Waals surface area contributed by atoms with Crippen LogP contribution in [0.25, 0.3) is 0 Å². The van der Waals surface area contributed by atoms with Gasteiger partial charge in [-0.05, 0) is 49.9 Å². The van der Waals surface area contributed by atoms with E-state index in [0.29, 0.717) is 50.5 Å². The second kappa shape index (κ2) is 10.3. The summed E-state index contributed by atoms with van der Waals surface area (Å²) in [5, 5.41) is 0. The summed E-state index contributed by atoms with van der Waals surface area (Å²) in [6, 6.07) is 9.61. The molecule has 2 aliphatic rings. The van der Waals surface area contributed by atoms with Gasteiger partial charge in [-0.25, -0.2) is 4.39 Å². The Bertz CT molecular complexity index is 976. The number of piperidine rings is 1. The van der Waals surface area contributed by atoms with E-state index in [2.05, 4.69) is 16.9 Å². The topological polar surface area (TPSA) is 66.0 Å². The van der Waals surface area contributed by atoms with Crippen molar-refractivity contribution in [2.24, 2.45) is 5.92 Å². The number of aromatic nitrogens is 1. The number of benzene rings is 1. The molecule has 2 aliphatic heterocycles. The average Bonchev–Trinajstić information content (AvgIpc) is 2.82. The van der Waals surface area contributed by atoms with E-state index in [4.69, 9.17) is 4.74 Å². The van der Waals surface area contributed by atoms with Gasteiger partial charge in [0.25, 0.3) is 5.91 Å². The molecule has 0 aliphatic carbocycles. The van der Waals surface area contributed by atoms with Crippen molar-refractivity contribution in [3.8, 4) is 5.75 Å². The van der Waals surface area contributed by atoms with Gasteiger partial charge in [0.05, 0.1) is 0 Å². The maximum absolute atomic E-state index is 13.3. The molecular formula is C25H31FN4O3. The number of aryl methyl sites for hydroxylation is 1. The standard InChI is InChI=1S/C25H31FN4O3/c1-18-4-3-10-27-24(18)25(32)30-11-9-22(33-21-7-5-20(26)6-8-21)19(17-30)16-23(31)29-14-12-28(2)13-15-29/h3-8,10,19,22H,9,11-17H2,1-2H3/t19-,22-/m0/s1. The zero-order valence-corrected chi connectivity index (χ0v) is 19.2. The molecule has 2 fully saturated rings. The summed E-state index contributed by atoms with van der Waals surface area (Å²) >= 11 is 0. The summed E-state index contributed by atoms with van der Waals surface area (Å²) in [5.74, 6) is 0.0486. The minimum absolute atomic E-state index is 0.0871. The molecule has 2 saturated heterocycles. The quantitative estimate of drug-likeness (QED) is 0.695. The predicted molar refractivity (Wildman–Crippen MR) is 122 cm³/mol. The average molecular weight is 455 g/mol. The van der Waals surface area contributed by atoms with Crippen LogP contribution in [0.15, 0.2) is 42.6 Å². The van der Waals surface area contributed by atoms with Gasteiger partial charge in [0.15, 0.2) is 0 Å². The number of rotatable bonds is 5. The van der Waals surface area contributed by atoms with E-state index in [1.807, 2.05) is 24.0 Å². The number of carbonyl (C=O) groups excluding carboxylic acids is 2. The Hall–Kier alpha value is -3.00. The van der Waals surface area contributed by atoms with Gasteiger partial charge < -0.3 is 19.4 Å². The zero-order chi connectivity index (χ0) is 23.4. The van der Waals surface area contributed by atoms with Crippen LogP contribution >= 0.6 is 0 Å². The van der Waals surface area contributed by atoms with Gasteiger partial charge in [-0.3, -0.25) is 14.6 Å². The smallest absolute Gasteiger partial charge is 0.272 e. The number of piperazine rings is 1. The monoisotopic (exact) mass is 454 g/mol. The Morgan fingerprint density at radius 1 is 1.06 bits per heavy atom. The number of carbonyl (C=O) groups is 2. The molecule has 0 N–H and O–H groups in total. The summed E-state index contributed by atoms with van der Waals surface area (Å²) in [4.78, 5) is 36.4. The fourth-order valence-electron chi connectivity index (χ4n) is 4.50. The Kier molecular flexibility index (Phi) is 7.23. The molecule has 0 unspecified atom stereocenters.